The van der Waals surface area contributed by atoms with Crippen molar-refractivity contribution in [1.29, 1.82) is 5.26 Å². The van der Waals surface area contributed by atoms with Crippen LogP contribution in [0.25, 0.3) is 0 Å². The molecule has 0 saturated carbocycles. The maximum atomic E-state index is 8.54. The molecule has 0 aromatic heterocycles. The average Bonchev–Trinajstić information content (AvgIpc) is 2.05. The number of nitrogens with two attached hydrogens (primary N) is 1. The number of hydrogen-bond acceptors (Lipinski definition) is 2. The third-order valence-corrected chi connectivity index (χ3v) is 2.17. The first-order chi connectivity index (χ1) is 5.27. The minimum atomic E-state index is 0.454. The fraction of sp³-hybridized carbons (Fsp3) is 0.125. The summed E-state index contributed by atoms with van der Waals surface area (Å²) in [6.07, 6.45) is 0. The summed E-state index contributed by atoms with van der Waals surface area (Å²) in [7, 11) is 0. The fourth-order valence-corrected chi connectivity index (χ4v) is 1.21. The van der Waals surface area contributed by atoms with E-state index in [0.29, 0.717) is 12.1 Å². The van der Waals surface area contributed by atoms with E-state index in [1.807, 2.05) is 6.07 Å². The number of hydrogen-bond donors (Lipinski definition) is 1. The van der Waals surface area contributed by atoms with E-state index >= 15 is 0 Å². The van der Waals surface area contributed by atoms with Gasteiger partial charge in [0.1, 0.15) is 0 Å². The van der Waals surface area contributed by atoms with E-state index < -0.39 is 0 Å². The smallest absolute Gasteiger partial charge is 0.0991 e. The van der Waals surface area contributed by atoms with Crippen LogP contribution in [-0.2, 0) is 6.54 Å². The number of nitriles is 1. The summed E-state index contributed by atoms with van der Waals surface area (Å²) in [6, 6.07) is 7.42. The highest BCUT2D eigenvalue weighted by molar-refractivity contribution is 9.10. The molecule has 0 amide bonds. The Kier molecular flexibility index (Phi) is 2.64. The predicted octanol–water partition coefficient (Wildman–Crippen LogP) is 1.78. The van der Waals surface area contributed by atoms with E-state index in [0.717, 1.165) is 10.0 Å². The van der Waals surface area contributed by atoms with Crippen molar-refractivity contribution in [3.05, 3.63) is 33.8 Å². The van der Waals surface area contributed by atoms with Gasteiger partial charge in [0, 0.05) is 11.0 Å². The molecule has 0 bridgehead atoms. The molecule has 0 radical (unpaired) electrons. The van der Waals surface area contributed by atoms with Crippen molar-refractivity contribution in [1.82, 2.24) is 0 Å². The summed E-state index contributed by atoms with van der Waals surface area (Å²) in [5.41, 5.74) is 7.04. The molecule has 0 heterocycles. The highest BCUT2D eigenvalue weighted by atomic mass is 79.9. The number of halogens is 1. The Labute approximate surface area is 73.8 Å². The Hall–Kier alpha value is -0.850. The normalized spacial score (nSPS) is 9.18. The number of benzene rings is 1. The van der Waals surface area contributed by atoms with Crippen LogP contribution in [-0.4, -0.2) is 0 Å². The lowest BCUT2D eigenvalue weighted by molar-refractivity contribution is 1.06. The van der Waals surface area contributed by atoms with Crippen LogP contribution >= 0.6 is 15.9 Å². The van der Waals surface area contributed by atoms with E-state index in [2.05, 4.69) is 22.0 Å². The second-order valence-corrected chi connectivity index (χ2v) is 2.98. The molecule has 3 heteroatoms. The van der Waals surface area contributed by atoms with Gasteiger partial charge in [-0.3, -0.25) is 0 Å². The SMILES string of the molecule is N#Cc1ccc(Br)c(CN)c1. The second kappa shape index (κ2) is 3.51. The van der Waals surface area contributed by atoms with Crippen molar-refractivity contribution in [2.75, 3.05) is 0 Å². The Morgan fingerprint density at radius 2 is 2.27 bits per heavy atom. The van der Waals surface area contributed by atoms with Crippen LogP contribution in [0.3, 0.4) is 0 Å². The van der Waals surface area contributed by atoms with Gasteiger partial charge in [0.2, 0.25) is 0 Å². The molecule has 0 aliphatic carbocycles. The summed E-state index contributed by atoms with van der Waals surface area (Å²) >= 11 is 3.33. The molecule has 11 heavy (non-hydrogen) atoms. The van der Waals surface area contributed by atoms with Crippen molar-refractivity contribution in [3.63, 3.8) is 0 Å². The molecule has 2 N–H and O–H groups in total. The molecular weight excluding hydrogens is 204 g/mol. The molecular formula is C8H7BrN2. The zero-order chi connectivity index (χ0) is 8.27. The summed E-state index contributed by atoms with van der Waals surface area (Å²) in [4.78, 5) is 0. The van der Waals surface area contributed by atoms with Gasteiger partial charge in [-0.2, -0.15) is 5.26 Å². The van der Waals surface area contributed by atoms with E-state index in [1.54, 1.807) is 12.1 Å². The van der Waals surface area contributed by atoms with Gasteiger partial charge in [-0.25, -0.2) is 0 Å². The largest absolute Gasteiger partial charge is 0.326 e. The van der Waals surface area contributed by atoms with Crippen molar-refractivity contribution >= 4 is 15.9 Å². The van der Waals surface area contributed by atoms with E-state index in [1.165, 1.54) is 0 Å². The molecule has 1 rings (SSSR count). The van der Waals surface area contributed by atoms with E-state index in [4.69, 9.17) is 11.0 Å². The van der Waals surface area contributed by atoms with Crippen LogP contribution in [0.5, 0.6) is 0 Å². The monoisotopic (exact) mass is 210 g/mol. The first-order valence-corrected chi connectivity index (χ1v) is 3.96. The standard InChI is InChI=1S/C8H7BrN2/c9-8-2-1-6(4-10)3-7(8)5-11/h1-3H,5,11H2. The molecule has 1 aromatic carbocycles. The van der Waals surface area contributed by atoms with Crippen molar-refractivity contribution in [3.8, 4) is 6.07 Å². The molecule has 0 saturated heterocycles. The first kappa shape index (κ1) is 8.25. The van der Waals surface area contributed by atoms with Gasteiger partial charge >= 0.3 is 0 Å². The molecule has 0 unspecified atom stereocenters. The maximum Gasteiger partial charge on any atom is 0.0991 e. The topological polar surface area (TPSA) is 49.8 Å². The molecule has 0 aliphatic heterocycles. The lowest BCUT2D eigenvalue weighted by Crippen LogP contribution is -1.97. The molecule has 56 valence electrons. The van der Waals surface area contributed by atoms with Gasteiger partial charge in [0.25, 0.3) is 0 Å². The number of nitrogens with zero attached hydrogens (tertiary/aromatic N) is 1. The lowest BCUT2D eigenvalue weighted by Gasteiger charge is -1.99. The molecule has 1 aromatic rings. The van der Waals surface area contributed by atoms with Crippen molar-refractivity contribution in [2.45, 2.75) is 6.54 Å². The Bertz CT molecular complexity index is 301. The second-order valence-electron chi connectivity index (χ2n) is 2.12. The van der Waals surface area contributed by atoms with Crippen molar-refractivity contribution in [2.24, 2.45) is 5.73 Å². The van der Waals surface area contributed by atoms with Crippen LogP contribution in [0, 0.1) is 11.3 Å². The predicted molar refractivity (Wildman–Crippen MR) is 46.7 cm³/mol. The van der Waals surface area contributed by atoms with Gasteiger partial charge < -0.3 is 5.73 Å². The first-order valence-electron chi connectivity index (χ1n) is 3.16. The summed E-state index contributed by atoms with van der Waals surface area (Å²) in [6.45, 7) is 0.454. The highest BCUT2D eigenvalue weighted by Gasteiger charge is 1.97. The highest BCUT2D eigenvalue weighted by Crippen LogP contribution is 2.16. The third kappa shape index (κ3) is 1.79. The van der Waals surface area contributed by atoms with Crippen LogP contribution in [0.2, 0.25) is 0 Å². The summed E-state index contributed by atoms with van der Waals surface area (Å²) in [5, 5.41) is 8.54. The Balaban J connectivity index is 3.15. The van der Waals surface area contributed by atoms with Gasteiger partial charge in [-0.05, 0) is 23.8 Å². The molecule has 0 atom stereocenters. The summed E-state index contributed by atoms with van der Waals surface area (Å²) < 4.78 is 0.957. The Morgan fingerprint density at radius 3 is 2.82 bits per heavy atom. The van der Waals surface area contributed by atoms with Gasteiger partial charge in [-0.1, -0.05) is 15.9 Å². The van der Waals surface area contributed by atoms with Crippen LogP contribution in [0.15, 0.2) is 22.7 Å². The Morgan fingerprint density at radius 1 is 1.55 bits per heavy atom. The third-order valence-electron chi connectivity index (χ3n) is 1.39. The maximum absolute atomic E-state index is 8.54. The minimum absolute atomic E-state index is 0.454. The molecule has 0 spiro atoms. The van der Waals surface area contributed by atoms with Gasteiger partial charge in [-0.15, -0.1) is 0 Å². The van der Waals surface area contributed by atoms with Gasteiger partial charge in [0.05, 0.1) is 11.6 Å². The molecule has 2 nitrogen and oxygen atoms in total. The summed E-state index contributed by atoms with van der Waals surface area (Å²) in [5.74, 6) is 0. The van der Waals surface area contributed by atoms with Crippen LogP contribution in [0.4, 0.5) is 0 Å². The van der Waals surface area contributed by atoms with E-state index in [-0.39, 0.29) is 0 Å². The zero-order valence-corrected chi connectivity index (χ0v) is 7.43. The quantitative estimate of drug-likeness (QED) is 0.769. The molecule has 0 aliphatic rings. The minimum Gasteiger partial charge on any atom is -0.326 e. The lowest BCUT2D eigenvalue weighted by atomic mass is 10.1. The van der Waals surface area contributed by atoms with E-state index in [9.17, 15) is 0 Å². The zero-order valence-electron chi connectivity index (χ0n) is 5.84. The number of rotatable bonds is 1. The fourth-order valence-electron chi connectivity index (χ4n) is 0.801. The van der Waals surface area contributed by atoms with Crippen LogP contribution in [0.1, 0.15) is 11.1 Å². The van der Waals surface area contributed by atoms with Crippen LogP contribution < -0.4 is 5.73 Å². The van der Waals surface area contributed by atoms with Gasteiger partial charge in [0.15, 0.2) is 0 Å². The average molecular weight is 211 g/mol. The molecule has 0 fully saturated rings. The van der Waals surface area contributed by atoms with Crippen molar-refractivity contribution < 1.29 is 0 Å².